The van der Waals surface area contributed by atoms with Crippen molar-refractivity contribution in [2.24, 2.45) is 17.8 Å². The highest BCUT2D eigenvalue weighted by Gasteiger charge is 2.31. The third kappa shape index (κ3) is 4.09. The van der Waals surface area contributed by atoms with Gasteiger partial charge in [-0.3, -0.25) is 0 Å². The Bertz CT molecular complexity index is 578. The van der Waals surface area contributed by atoms with E-state index >= 15 is 0 Å². The Labute approximate surface area is 148 Å². The van der Waals surface area contributed by atoms with E-state index in [0.717, 1.165) is 32.8 Å². The first-order valence-corrected chi connectivity index (χ1v) is 11.3. The molecule has 2 aliphatic rings. The number of benzene rings is 1. The van der Waals surface area contributed by atoms with Gasteiger partial charge < -0.3 is 0 Å². The first-order valence-electron chi connectivity index (χ1n) is 9.55. The Morgan fingerprint density at radius 1 is 1.04 bits per heavy atom. The van der Waals surface area contributed by atoms with Gasteiger partial charge in [0.05, 0.1) is 5.56 Å². The first kappa shape index (κ1) is 17.7. The van der Waals surface area contributed by atoms with Gasteiger partial charge in [0.25, 0.3) is 0 Å². The molecule has 0 bridgehead atoms. The van der Waals surface area contributed by atoms with Crippen molar-refractivity contribution in [2.45, 2.75) is 69.9 Å². The summed E-state index contributed by atoms with van der Waals surface area (Å²) in [5.41, 5.74) is 1.26. The highest BCUT2D eigenvalue weighted by Crippen LogP contribution is 2.44. The molecule has 1 aromatic carbocycles. The summed E-state index contributed by atoms with van der Waals surface area (Å²) >= 11 is 0. The van der Waals surface area contributed by atoms with Crippen LogP contribution in [0.25, 0.3) is 0 Å². The van der Waals surface area contributed by atoms with Crippen LogP contribution >= 0.6 is 0 Å². The topological polar surface area (TPSA) is 23.8 Å². The van der Waals surface area contributed by atoms with Gasteiger partial charge in [0.1, 0.15) is 11.9 Å². The average Bonchev–Trinajstić information content (AvgIpc) is 2.63. The zero-order valence-electron chi connectivity index (χ0n) is 14.7. The predicted octanol–water partition coefficient (Wildman–Crippen LogP) is 5.95. The van der Waals surface area contributed by atoms with Crippen molar-refractivity contribution in [1.82, 2.24) is 0 Å². The van der Waals surface area contributed by atoms with E-state index in [1.54, 1.807) is 12.1 Å². The normalized spacial score (nSPS) is 30.7. The van der Waals surface area contributed by atoms with Crippen LogP contribution in [0.2, 0.25) is 12.6 Å². The van der Waals surface area contributed by atoms with E-state index in [9.17, 15) is 4.39 Å². The molecular weight excluding hydrogens is 313 g/mol. The molecule has 0 N–H and O–H groups in total. The van der Waals surface area contributed by atoms with Crippen molar-refractivity contribution in [3.8, 4) is 6.07 Å². The van der Waals surface area contributed by atoms with E-state index in [4.69, 9.17) is 5.26 Å². The van der Waals surface area contributed by atoms with Crippen LogP contribution < -0.4 is 0 Å². The van der Waals surface area contributed by atoms with Crippen LogP contribution in [0.15, 0.2) is 18.2 Å². The maximum absolute atomic E-state index is 13.9. The lowest BCUT2D eigenvalue weighted by atomic mass is 9.68. The van der Waals surface area contributed by atoms with E-state index in [-0.39, 0.29) is 11.4 Å². The molecule has 0 atom stereocenters. The minimum atomic E-state index is -0.355. The predicted molar refractivity (Wildman–Crippen MR) is 97.7 cm³/mol. The maximum Gasteiger partial charge on any atom is 0.141 e. The van der Waals surface area contributed by atoms with Gasteiger partial charge in [-0.2, -0.15) is 5.26 Å². The van der Waals surface area contributed by atoms with Gasteiger partial charge in [0.15, 0.2) is 0 Å². The van der Waals surface area contributed by atoms with Gasteiger partial charge in [-0.25, -0.2) is 4.39 Å². The molecule has 2 aliphatic carbocycles. The quantitative estimate of drug-likeness (QED) is 0.621. The van der Waals surface area contributed by atoms with Crippen molar-refractivity contribution in [1.29, 1.82) is 5.26 Å². The molecule has 2 saturated carbocycles. The summed E-state index contributed by atoms with van der Waals surface area (Å²) in [7, 11) is 1.11. The van der Waals surface area contributed by atoms with Gasteiger partial charge in [0, 0.05) is 9.52 Å². The Kier molecular flexibility index (Phi) is 6.11. The molecule has 0 heterocycles. The van der Waals surface area contributed by atoms with E-state index in [0.29, 0.717) is 5.92 Å². The van der Waals surface area contributed by atoms with Gasteiger partial charge in [-0.05, 0) is 79.9 Å². The summed E-state index contributed by atoms with van der Waals surface area (Å²) in [6.45, 7) is 2.33. The molecule has 0 amide bonds. The summed E-state index contributed by atoms with van der Waals surface area (Å²) in [6, 6.07) is 8.57. The van der Waals surface area contributed by atoms with Crippen molar-refractivity contribution in [3.63, 3.8) is 0 Å². The first-order chi connectivity index (χ1) is 11.7. The van der Waals surface area contributed by atoms with E-state index in [1.807, 2.05) is 12.1 Å². The Morgan fingerprint density at radius 3 is 2.21 bits per heavy atom. The minimum Gasteiger partial charge on any atom is -0.206 e. The van der Waals surface area contributed by atoms with Crippen LogP contribution in [-0.2, 0) is 0 Å². The molecule has 3 heteroatoms. The van der Waals surface area contributed by atoms with Crippen LogP contribution in [0.5, 0.6) is 0 Å². The molecule has 0 spiro atoms. The second-order valence-corrected chi connectivity index (χ2v) is 8.92. The number of hydrogen-bond acceptors (Lipinski definition) is 1. The maximum atomic E-state index is 13.9. The Balaban J connectivity index is 1.51. The zero-order chi connectivity index (χ0) is 16.9. The molecular formula is C21H28FNSi. The SMILES string of the molecule is C[Si]CC1CCC(C2CCC(c3ccc(C#N)c(F)c3)CC2)CC1. The third-order valence-corrected chi connectivity index (χ3v) is 7.39. The van der Waals surface area contributed by atoms with Crippen molar-refractivity contribution in [2.75, 3.05) is 0 Å². The lowest BCUT2D eigenvalue weighted by Crippen LogP contribution is -2.25. The van der Waals surface area contributed by atoms with Crippen LogP contribution in [0, 0.1) is 34.9 Å². The number of hydrogen-bond donors (Lipinski definition) is 0. The summed E-state index contributed by atoms with van der Waals surface area (Å²) in [4.78, 5) is 0. The van der Waals surface area contributed by atoms with Crippen LogP contribution in [-0.4, -0.2) is 9.52 Å². The Hall–Kier alpha value is -1.14. The van der Waals surface area contributed by atoms with Crippen LogP contribution in [0.4, 0.5) is 4.39 Å². The van der Waals surface area contributed by atoms with Gasteiger partial charge in [0.2, 0.25) is 0 Å². The Morgan fingerprint density at radius 2 is 1.67 bits per heavy atom. The van der Waals surface area contributed by atoms with Gasteiger partial charge in [-0.1, -0.05) is 31.5 Å². The summed E-state index contributed by atoms with van der Waals surface area (Å²) in [6.07, 6.45) is 10.8. The third-order valence-electron chi connectivity index (χ3n) is 6.41. The lowest BCUT2D eigenvalue weighted by Gasteiger charge is -2.38. The molecule has 1 nitrogen and oxygen atoms in total. The van der Waals surface area contributed by atoms with Gasteiger partial charge in [-0.15, -0.1) is 0 Å². The van der Waals surface area contributed by atoms with Crippen molar-refractivity contribution >= 4 is 9.52 Å². The smallest absolute Gasteiger partial charge is 0.141 e. The second-order valence-electron chi connectivity index (χ2n) is 7.80. The fourth-order valence-electron chi connectivity index (χ4n) is 4.95. The molecule has 0 aliphatic heterocycles. The van der Waals surface area contributed by atoms with E-state index < -0.39 is 0 Å². The minimum absolute atomic E-state index is 0.164. The zero-order valence-corrected chi connectivity index (χ0v) is 15.7. The van der Waals surface area contributed by atoms with Gasteiger partial charge >= 0.3 is 0 Å². The molecule has 2 fully saturated rings. The number of nitrogens with zero attached hydrogens (tertiary/aromatic N) is 1. The largest absolute Gasteiger partial charge is 0.206 e. The van der Waals surface area contributed by atoms with Crippen LogP contribution in [0.1, 0.15) is 68.4 Å². The summed E-state index contributed by atoms with van der Waals surface area (Å²) < 4.78 is 13.9. The summed E-state index contributed by atoms with van der Waals surface area (Å²) in [5.74, 6) is 2.98. The van der Waals surface area contributed by atoms with Crippen molar-refractivity contribution in [3.05, 3.63) is 35.1 Å². The molecule has 0 aromatic heterocycles. The standard InChI is InChI=1S/C21H28FNSi/c1-24-14-15-2-4-16(5-3-15)17-6-8-18(9-7-17)19-10-11-20(13-23)21(22)12-19/h10-12,15-18H,2-9,14H2,1H3. The van der Waals surface area contributed by atoms with E-state index in [1.165, 1.54) is 57.4 Å². The highest BCUT2D eigenvalue weighted by molar-refractivity contribution is 6.33. The second kappa shape index (κ2) is 8.29. The molecule has 2 radical (unpaired) electrons. The highest BCUT2D eigenvalue weighted by atomic mass is 28.2. The number of rotatable bonds is 4. The van der Waals surface area contributed by atoms with Crippen molar-refractivity contribution < 1.29 is 4.39 Å². The van der Waals surface area contributed by atoms with Crippen LogP contribution in [0.3, 0.4) is 0 Å². The van der Waals surface area contributed by atoms with E-state index in [2.05, 4.69) is 6.55 Å². The lowest BCUT2D eigenvalue weighted by molar-refractivity contribution is 0.165. The molecule has 3 rings (SSSR count). The molecule has 1 aromatic rings. The number of halogens is 1. The fraction of sp³-hybridized carbons (Fsp3) is 0.667. The molecule has 24 heavy (non-hydrogen) atoms. The molecule has 0 unspecified atom stereocenters. The fourth-order valence-corrected chi connectivity index (χ4v) is 5.94. The molecule has 0 saturated heterocycles. The summed E-state index contributed by atoms with van der Waals surface area (Å²) in [5, 5.41) is 8.86. The monoisotopic (exact) mass is 341 g/mol. The number of nitriles is 1. The average molecular weight is 342 g/mol. The molecule has 128 valence electrons.